The van der Waals surface area contributed by atoms with Crippen LogP contribution in [-0.2, 0) is 9.53 Å². The molecule has 0 aliphatic carbocycles. The first kappa shape index (κ1) is 14.8. The molecule has 0 radical (unpaired) electrons. The van der Waals surface area contributed by atoms with Gasteiger partial charge in [-0.3, -0.25) is 4.79 Å². The number of amides is 2. The molecule has 1 heterocycles. The molecule has 0 bridgehead atoms. The molecular weight excluding hydrogens is 236 g/mol. The number of unbranched alkanes of at least 4 members (excludes halogenated alkanes) is 2. The molecule has 0 saturated carbocycles. The summed E-state index contributed by atoms with van der Waals surface area (Å²) in [6, 6.07) is -0.153. The molecule has 0 aromatic heterocycles. The van der Waals surface area contributed by atoms with Crippen molar-refractivity contribution in [2.75, 3.05) is 26.3 Å². The van der Waals surface area contributed by atoms with Crippen LogP contribution in [-0.4, -0.2) is 43.4 Å². The maximum Gasteiger partial charge on any atom is 0.314 e. The Hall–Kier alpha value is -1.30. The molecule has 0 spiro atoms. The van der Waals surface area contributed by atoms with Gasteiger partial charge in [-0.1, -0.05) is 6.42 Å². The van der Waals surface area contributed by atoms with Gasteiger partial charge < -0.3 is 20.5 Å². The second-order valence-corrected chi connectivity index (χ2v) is 4.57. The highest BCUT2D eigenvalue weighted by atomic mass is 16.5. The summed E-state index contributed by atoms with van der Waals surface area (Å²) in [5.41, 5.74) is 0. The van der Waals surface area contributed by atoms with Gasteiger partial charge in [0, 0.05) is 32.0 Å². The van der Waals surface area contributed by atoms with Crippen molar-refractivity contribution in [2.45, 2.75) is 32.1 Å². The number of ether oxygens (including phenoxy) is 1. The molecule has 104 valence electrons. The van der Waals surface area contributed by atoms with E-state index in [0.29, 0.717) is 25.4 Å². The molecule has 1 fully saturated rings. The largest absolute Gasteiger partial charge is 0.481 e. The fourth-order valence-electron chi connectivity index (χ4n) is 1.82. The van der Waals surface area contributed by atoms with Crippen molar-refractivity contribution in [2.24, 2.45) is 5.92 Å². The highest BCUT2D eigenvalue weighted by Gasteiger charge is 2.15. The molecule has 6 nitrogen and oxygen atoms in total. The Kier molecular flexibility index (Phi) is 7.17. The zero-order chi connectivity index (χ0) is 13.2. The van der Waals surface area contributed by atoms with Crippen LogP contribution >= 0.6 is 0 Å². The van der Waals surface area contributed by atoms with Gasteiger partial charge in [0.25, 0.3) is 0 Å². The van der Waals surface area contributed by atoms with E-state index in [0.717, 1.165) is 32.5 Å². The molecule has 3 N–H and O–H groups in total. The number of rotatable bonds is 8. The third kappa shape index (κ3) is 7.11. The lowest BCUT2D eigenvalue weighted by Gasteiger charge is -2.10. The van der Waals surface area contributed by atoms with E-state index in [1.165, 1.54) is 0 Å². The van der Waals surface area contributed by atoms with Crippen molar-refractivity contribution in [3.63, 3.8) is 0 Å². The molecule has 1 unspecified atom stereocenters. The number of nitrogens with one attached hydrogen (secondary N) is 2. The molecule has 2 amide bonds. The van der Waals surface area contributed by atoms with Crippen molar-refractivity contribution in [1.82, 2.24) is 10.6 Å². The zero-order valence-corrected chi connectivity index (χ0v) is 10.6. The van der Waals surface area contributed by atoms with E-state index in [-0.39, 0.29) is 12.5 Å². The van der Waals surface area contributed by atoms with Crippen LogP contribution in [0.5, 0.6) is 0 Å². The van der Waals surface area contributed by atoms with Crippen LogP contribution in [0.15, 0.2) is 0 Å². The number of carboxylic acid groups (broad SMARTS) is 1. The summed E-state index contributed by atoms with van der Waals surface area (Å²) in [5.74, 6) is -0.328. The molecule has 1 aliphatic rings. The minimum absolute atomic E-state index is 0.153. The summed E-state index contributed by atoms with van der Waals surface area (Å²) in [5, 5.41) is 14.0. The zero-order valence-electron chi connectivity index (χ0n) is 10.6. The van der Waals surface area contributed by atoms with Gasteiger partial charge in [-0.2, -0.15) is 0 Å². The normalized spacial score (nSPS) is 18.6. The molecule has 1 aliphatic heterocycles. The summed E-state index contributed by atoms with van der Waals surface area (Å²) in [7, 11) is 0. The number of aliphatic carboxylic acids is 1. The van der Waals surface area contributed by atoms with Crippen molar-refractivity contribution in [3.8, 4) is 0 Å². The lowest BCUT2D eigenvalue weighted by molar-refractivity contribution is -0.137. The Morgan fingerprint density at radius 2 is 2.06 bits per heavy atom. The van der Waals surface area contributed by atoms with Crippen molar-refractivity contribution in [3.05, 3.63) is 0 Å². The van der Waals surface area contributed by atoms with Gasteiger partial charge in [0.1, 0.15) is 0 Å². The maximum atomic E-state index is 11.4. The summed E-state index contributed by atoms with van der Waals surface area (Å²) in [6.45, 7) is 2.77. The molecule has 6 heteroatoms. The Morgan fingerprint density at radius 3 is 2.72 bits per heavy atom. The average molecular weight is 258 g/mol. The predicted octanol–water partition coefficient (Wildman–Crippen LogP) is 0.967. The fraction of sp³-hybridized carbons (Fsp3) is 0.833. The third-order valence-corrected chi connectivity index (χ3v) is 2.93. The van der Waals surface area contributed by atoms with Crippen LogP contribution in [0.2, 0.25) is 0 Å². The van der Waals surface area contributed by atoms with E-state index in [4.69, 9.17) is 9.84 Å². The number of hydrogen-bond acceptors (Lipinski definition) is 3. The highest BCUT2D eigenvalue weighted by molar-refractivity contribution is 5.73. The van der Waals surface area contributed by atoms with E-state index < -0.39 is 5.97 Å². The SMILES string of the molecule is O=C(O)CCCCCNC(=O)NCC1CCOC1. The molecule has 1 rings (SSSR count). The van der Waals surface area contributed by atoms with Crippen LogP contribution < -0.4 is 10.6 Å². The highest BCUT2D eigenvalue weighted by Crippen LogP contribution is 2.10. The Bertz CT molecular complexity index is 265. The first-order chi connectivity index (χ1) is 8.68. The lowest BCUT2D eigenvalue weighted by atomic mass is 10.1. The van der Waals surface area contributed by atoms with Crippen molar-refractivity contribution < 1.29 is 19.4 Å². The van der Waals surface area contributed by atoms with E-state index >= 15 is 0 Å². The molecule has 0 aromatic carbocycles. The van der Waals surface area contributed by atoms with Gasteiger partial charge >= 0.3 is 12.0 Å². The second kappa shape index (κ2) is 8.74. The Morgan fingerprint density at radius 1 is 1.22 bits per heavy atom. The molecule has 1 saturated heterocycles. The molecule has 1 atom stereocenters. The Balaban J connectivity index is 1.88. The van der Waals surface area contributed by atoms with E-state index in [9.17, 15) is 9.59 Å². The number of carbonyl (C=O) groups excluding carboxylic acids is 1. The van der Waals surface area contributed by atoms with Gasteiger partial charge in [0.15, 0.2) is 0 Å². The smallest absolute Gasteiger partial charge is 0.314 e. The summed E-state index contributed by atoms with van der Waals surface area (Å²) < 4.78 is 5.21. The van der Waals surface area contributed by atoms with Crippen molar-refractivity contribution >= 4 is 12.0 Å². The quantitative estimate of drug-likeness (QED) is 0.566. The minimum atomic E-state index is -0.764. The first-order valence-electron chi connectivity index (χ1n) is 6.49. The van der Waals surface area contributed by atoms with E-state index in [2.05, 4.69) is 10.6 Å². The monoisotopic (exact) mass is 258 g/mol. The van der Waals surface area contributed by atoms with Crippen LogP contribution in [0.1, 0.15) is 32.1 Å². The van der Waals surface area contributed by atoms with Gasteiger partial charge in [-0.25, -0.2) is 4.79 Å². The topological polar surface area (TPSA) is 87.7 Å². The predicted molar refractivity (Wildman–Crippen MR) is 66.4 cm³/mol. The first-order valence-corrected chi connectivity index (χ1v) is 6.49. The number of carboxylic acids is 1. The van der Waals surface area contributed by atoms with Gasteiger partial charge in [0.05, 0.1) is 6.61 Å². The van der Waals surface area contributed by atoms with Crippen LogP contribution in [0.25, 0.3) is 0 Å². The van der Waals surface area contributed by atoms with Crippen LogP contribution in [0, 0.1) is 5.92 Å². The summed E-state index contributed by atoms with van der Waals surface area (Å²) >= 11 is 0. The molecule has 18 heavy (non-hydrogen) atoms. The molecular formula is C12H22N2O4. The molecule has 0 aromatic rings. The standard InChI is InChI=1S/C12H22N2O4/c15-11(16)4-2-1-3-6-13-12(17)14-8-10-5-7-18-9-10/h10H,1-9H2,(H,15,16)(H2,13,14,17). The third-order valence-electron chi connectivity index (χ3n) is 2.93. The van der Waals surface area contributed by atoms with Crippen LogP contribution in [0.3, 0.4) is 0 Å². The number of carbonyl (C=O) groups is 2. The van der Waals surface area contributed by atoms with Gasteiger partial charge in [-0.05, 0) is 19.3 Å². The lowest BCUT2D eigenvalue weighted by Crippen LogP contribution is -2.38. The maximum absolute atomic E-state index is 11.4. The van der Waals surface area contributed by atoms with Crippen LogP contribution in [0.4, 0.5) is 4.79 Å². The second-order valence-electron chi connectivity index (χ2n) is 4.57. The Labute approximate surface area is 107 Å². The minimum Gasteiger partial charge on any atom is -0.481 e. The number of hydrogen-bond donors (Lipinski definition) is 3. The summed E-state index contributed by atoms with van der Waals surface area (Å²) in [4.78, 5) is 21.6. The van der Waals surface area contributed by atoms with Gasteiger partial charge in [0.2, 0.25) is 0 Å². The van der Waals surface area contributed by atoms with E-state index in [1.54, 1.807) is 0 Å². The van der Waals surface area contributed by atoms with Gasteiger partial charge in [-0.15, -0.1) is 0 Å². The summed E-state index contributed by atoms with van der Waals surface area (Å²) in [6.07, 6.45) is 3.51. The fourth-order valence-corrected chi connectivity index (χ4v) is 1.82. The van der Waals surface area contributed by atoms with Crippen molar-refractivity contribution in [1.29, 1.82) is 0 Å². The average Bonchev–Trinajstić information content (AvgIpc) is 2.83. The van der Waals surface area contributed by atoms with E-state index in [1.807, 2.05) is 0 Å². The number of urea groups is 1.